The number of nitrogens with zero attached hydrogens (tertiary/aromatic N) is 4. The van der Waals surface area contributed by atoms with E-state index >= 15 is 0 Å². The summed E-state index contributed by atoms with van der Waals surface area (Å²) in [5, 5.41) is 11.8. The third kappa shape index (κ3) is 7.24. The molecular weight excluding hydrogens is 375 g/mol. The van der Waals surface area contributed by atoms with Crippen LogP contribution in [-0.4, -0.2) is 26.8 Å². The minimum absolute atomic E-state index is 0. The van der Waals surface area contributed by atoms with Crippen molar-refractivity contribution >= 4 is 17.5 Å². The second kappa shape index (κ2) is 11.5. The van der Waals surface area contributed by atoms with Gasteiger partial charge in [-0.25, -0.2) is 0 Å². The van der Waals surface area contributed by atoms with E-state index in [4.69, 9.17) is 9.90 Å². The van der Waals surface area contributed by atoms with E-state index in [0.717, 1.165) is 23.9 Å². The van der Waals surface area contributed by atoms with Crippen LogP contribution in [-0.2, 0) is 21.3 Å². The molecular formula is C19H17N4NiO2-. The molecule has 2 aromatic heterocycles. The molecule has 0 saturated carbocycles. The molecule has 136 valence electrons. The Morgan fingerprint density at radius 1 is 0.923 bits per heavy atom. The van der Waals surface area contributed by atoms with Gasteiger partial charge in [0.25, 0.3) is 5.97 Å². The molecule has 0 amide bonds. The summed E-state index contributed by atoms with van der Waals surface area (Å²) in [6, 6.07) is 21.1. The first-order valence-corrected chi connectivity index (χ1v) is 7.53. The maximum atomic E-state index is 9.00. The molecule has 3 rings (SSSR count). The van der Waals surface area contributed by atoms with Crippen LogP contribution in [0.2, 0.25) is 0 Å². The van der Waals surface area contributed by atoms with Gasteiger partial charge in [0.1, 0.15) is 0 Å². The van der Waals surface area contributed by atoms with Gasteiger partial charge in [0.2, 0.25) is 0 Å². The fraction of sp³-hybridized carbons (Fsp3) is 0.0526. The van der Waals surface area contributed by atoms with Crippen LogP contribution in [0, 0.1) is 0 Å². The number of carbonyl (C=O) groups is 1. The van der Waals surface area contributed by atoms with Crippen LogP contribution in [0.15, 0.2) is 84.2 Å². The Labute approximate surface area is 162 Å². The molecule has 26 heavy (non-hydrogen) atoms. The third-order valence-corrected chi connectivity index (χ3v) is 2.86. The van der Waals surface area contributed by atoms with E-state index in [2.05, 4.69) is 20.5 Å². The van der Waals surface area contributed by atoms with E-state index in [1.54, 1.807) is 12.4 Å². The van der Waals surface area contributed by atoms with Crippen LogP contribution in [0.1, 0.15) is 18.2 Å². The molecule has 0 aliphatic carbocycles. The number of carboxylic acids is 1. The molecule has 7 heteroatoms. The Hall–Kier alpha value is -3.05. The first-order chi connectivity index (χ1) is 12.2. The van der Waals surface area contributed by atoms with Crippen LogP contribution in [0.5, 0.6) is 0 Å². The number of pyridine rings is 2. The fourth-order valence-electron chi connectivity index (χ4n) is 1.87. The van der Waals surface area contributed by atoms with Gasteiger partial charge in [-0.1, -0.05) is 60.8 Å². The van der Waals surface area contributed by atoms with Crippen LogP contribution in [0.4, 0.5) is 5.82 Å². The summed E-state index contributed by atoms with van der Waals surface area (Å²) >= 11 is 0. The van der Waals surface area contributed by atoms with Crippen LogP contribution >= 0.6 is 0 Å². The Balaban J connectivity index is 0.000000616. The summed E-state index contributed by atoms with van der Waals surface area (Å²) < 4.78 is 0. The minimum atomic E-state index is -0.833. The molecule has 6 nitrogen and oxygen atoms in total. The third-order valence-electron chi connectivity index (χ3n) is 2.86. The summed E-state index contributed by atoms with van der Waals surface area (Å²) in [6.45, 7) is 1.08. The quantitative estimate of drug-likeness (QED) is 0.413. The molecule has 0 aliphatic rings. The van der Waals surface area contributed by atoms with Crippen molar-refractivity contribution in [2.75, 3.05) is 0 Å². The monoisotopic (exact) mass is 391 g/mol. The molecule has 1 N–H and O–H groups in total. The zero-order chi connectivity index (χ0) is 17.9. The van der Waals surface area contributed by atoms with Gasteiger partial charge in [0.05, 0.1) is 11.4 Å². The first kappa shape index (κ1) is 21.0. The molecule has 0 bridgehead atoms. The molecule has 0 atom stereocenters. The van der Waals surface area contributed by atoms with Crippen molar-refractivity contribution in [3.05, 3.63) is 95.8 Å². The maximum absolute atomic E-state index is 9.00. The molecule has 0 fully saturated rings. The standard InChI is InChI=1S/C17H13N4.C2H4O2.Ni/c1-2-8-14(9-3-1)17(15-10-4-6-12-18-15)21-20-16-11-5-7-13-19-16;1-2(3)4;/h1-13H;1H3,(H,3,4);/q-1;;/b21-17+;;. The van der Waals surface area contributed by atoms with E-state index in [0.29, 0.717) is 5.82 Å². The molecule has 3 aromatic rings. The zero-order valence-corrected chi connectivity index (χ0v) is 15.0. The molecule has 0 spiro atoms. The Morgan fingerprint density at radius 3 is 2.04 bits per heavy atom. The number of aromatic nitrogens is 2. The minimum Gasteiger partial charge on any atom is -0.481 e. The van der Waals surface area contributed by atoms with E-state index < -0.39 is 5.97 Å². The van der Waals surface area contributed by atoms with E-state index in [9.17, 15) is 0 Å². The second-order valence-electron chi connectivity index (χ2n) is 4.84. The van der Waals surface area contributed by atoms with Crippen molar-refractivity contribution < 1.29 is 26.4 Å². The van der Waals surface area contributed by atoms with Crippen molar-refractivity contribution in [3.8, 4) is 0 Å². The van der Waals surface area contributed by atoms with Crippen molar-refractivity contribution in [1.29, 1.82) is 0 Å². The number of aliphatic carboxylic acids is 1. The molecule has 0 aliphatic heterocycles. The Kier molecular flexibility index (Phi) is 9.29. The summed E-state index contributed by atoms with van der Waals surface area (Å²) in [5.41, 5.74) is 6.67. The zero-order valence-electron chi connectivity index (χ0n) is 14.0. The summed E-state index contributed by atoms with van der Waals surface area (Å²) in [4.78, 5) is 17.5. The molecule has 0 saturated heterocycles. The van der Waals surface area contributed by atoms with Crippen molar-refractivity contribution in [1.82, 2.24) is 9.97 Å². The number of rotatable bonds is 4. The smallest absolute Gasteiger partial charge is 0.300 e. The summed E-state index contributed by atoms with van der Waals surface area (Å²) in [7, 11) is 0. The van der Waals surface area contributed by atoms with Crippen LogP contribution in [0.3, 0.4) is 0 Å². The Bertz CT molecular complexity index is 767. The topological polar surface area (TPSA) is 89.5 Å². The number of hydrogen-bond donors (Lipinski definition) is 1. The van der Waals surface area contributed by atoms with Crippen molar-refractivity contribution in [3.63, 3.8) is 0 Å². The Morgan fingerprint density at radius 2 is 1.50 bits per heavy atom. The average molecular weight is 392 g/mol. The molecule has 0 radical (unpaired) electrons. The van der Waals surface area contributed by atoms with Crippen LogP contribution < -0.4 is 0 Å². The molecule has 2 heterocycles. The van der Waals surface area contributed by atoms with Gasteiger partial charge in [-0.05, 0) is 18.0 Å². The van der Waals surface area contributed by atoms with Crippen LogP contribution in [0.25, 0.3) is 5.43 Å². The van der Waals surface area contributed by atoms with Gasteiger partial charge < -0.3 is 15.5 Å². The van der Waals surface area contributed by atoms with Gasteiger partial charge in [0, 0.05) is 35.2 Å². The molecule has 0 unspecified atom stereocenters. The average Bonchev–Trinajstić information content (AvgIpc) is 2.64. The first-order valence-electron chi connectivity index (χ1n) is 7.53. The normalized spacial score (nSPS) is 9.96. The van der Waals surface area contributed by atoms with Gasteiger partial charge in [0.15, 0.2) is 0 Å². The summed E-state index contributed by atoms with van der Waals surface area (Å²) in [5.74, 6) is -0.262. The largest absolute Gasteiger partial charge is 0.481 e. The van der Waals surface area contributed by atoms with E-state index in [1.165, 1.54) is 0 Å². The van der Waals surface area contributed by atoms with Crippen molar-refractivity contribution in [2.45, 2.75) is 6.92 Å². The number of benzene rings is 1. The van der Waals surface area contributed by atoms with Gasteiger partial charge in [-0.3, -0.25) is 14.9 Å². The SMILES string of the molecule is CC(=O)O.[Ni].c1ccc(/C(=N\[N-]c2ccccn2)c2ccccn2)cc1. The number of carboxylic acid groups (broad SMARTS) is 1. The van der Waals surface area contributed by atoms with E-state index in [-0.39, 0.29) is 16.5 Å². The summed E-state index contributed by atoms with van der Waals surface area (Å²) in [6.07, 6.45) is 3.44. The maximum Gasteiger partial charge on any atom is 0.300 e. The van der Waals surface area contributed by atoms with Gasteiger partial charge in [-0.2, -0.15) is 0 Å². The second-order valence-corrected chi connectivity index (χ2v) is 4.84. The number of hydrogen-bond acceptors (Lipinski definition) is 4. The molecule has 1 aromatic carbocycles. The van der Waals surface area contributed by atoms with Gasteiger partial charge in [-0.15, -0.1) is 0 Å². The van der Waals surface area contributed by atoms with Gasteiger partial charge >= 0.3 is 0 Å². The van der Waals surface area contributed by atoms with E-state index in [1.807, 2.05) is 66.7 Å². The predicted molar refractivity (Wildman–Crippen MR) is 96.9 cm³/mol. The van der Waals surface area contributed by atoms with Crippen molar-refractivity contribution in [2.24, 2.45) is 5.10 Å². The predicted octanol–water partition coefficient (Wildman–Crippen LogP) is 4.02. The fourth-order valence-corrected chi connectivity index (χ4v) is 1.87.